The van der Waals surface area contributed by atoms with E-state index in [-0.39, 0.29) is 28.3 Å². The maximum absolute atomic E-state index is 15.4. The number of H-pyrrole nitrogens is 1. The number of alkyl halides is 1. The van der Waals surface area contributed by atoms with E-state index in [0.717, 1.165) is 22.9 Å². The zero-order valence-corrected chi connectivity index (χ0v) is 17.6. The summed E-state index contributed by atoms with van der Waals surface area (Å²) in [6.45, 7) is -1.51. The molecule has 0 bridgehead atoms. The molecule has 2 aliphatic rings. The van der Waals surface area contributed by atoms with E-state index in [1.165, 1.54) is 6.07 Å². The number of aliphatic hydroxyl groups excluding tert-OH is 2. The summed E-state index contributed by atoms with van der Waals surface area (Å²) in [6.07, 6.45) is 0.635. The topological polar surface area (TPSA) is 132 Å². The molecule has 1 aromatic carbocycles. The van der Waals surface area contributed by atoms with E-state index in [9.17, 15) is 24.0 Å². The van der Waals surface area contributed by atoms with Crippen LogP contribution >= 0.6 is 20.0 Å². The number of aliphatic hydroxyl groups is 2. The van der Waals surface area contributed by atoms with E-state index in [1.807, 2.05) is 0 Å². The number of aromatic nitrogens is 2. The number of hydrogen-bond acceptors (Lipinski definition) is 9. The number of aromatic amines is 1. The molecule has 0 aliphatic carbocycles. The number of hydrogen-bond donors (Lipinski definition) is 3. The number of nitrogens with zero attached hydrogens (tertiary/aromatic N) is 1. The lowest BCUT2D eigenvalue weighted by atomic mass is 10.1. The summed E-state index contributed by atoms with van der Waals surface area (Å²) in [5.41, 5.74) is -0.596. The normalized spacial score (nSPS) is 31.5. The van der Waals surface area contributed by atoms with Crippen LogP contribution in [0.3, 0.4) is 0 Å². The van der Waals surface area contributed by atoms with Crippen molar-refractivity contribution in [2.45, 2.75) is 30.9 Å². The summed E-state index contributed by atoms with van der Waals surface area (Å²) in [5, 5.41) is 20.5. The molecule has 1 saturated heterocycles. The van der Waals surface area contributed by atoms with E-state index in [0.29, 0.717) is 0 Å². The number of nitrogens with one attached hydrogen (secondary N) is 1. The van der Waals surface area contributed by atoms with Crippen LogP contribution in [-0.2, 0) is 25.0 Å². The average molecular weight is 488 g/mol. The summed E-state index contributed by atoms with van der Waals surface area (Å²) in [4.78, 5) is 14.0. The first-order valence-electron chi connectivity index (χ1n) is 8.97. The molecule has 32 heavy (non-hydrogen) atoms. The number of ether oxygens (including phenoxy) is 1. The molecule has 5 atom stereocenters. The standard InChI is InChI=1S/C18H15F2N2O8PS/c1-2-9-6-22(17(32)21-15(9)25)16-13(23)14(24)18(20,29-16)8-28-31(26)27-7-10-5-11(19)3-4-12(10)30-31/h1,3-6,13-14,16,23-24H,7-8H2,(H,21,25,32)/t13-,14+,16-,18-,31?/m1/s1. The molecule has 4 rings (SSSR count). The Morgan fingerprint density at radius 3 is 2.94 bits per heavy atom. The van der Waals surface area contributed by atoms with Gasteiger partial charge in [0.15, 0.2) is 11.0 Å². The van der Waals surface area contributed by atoms with Crippen LogP contribution in [0.25, 0.3) is 0 Å². The van der Waals surface area contributed by atoms with Crippen LogP contribution in [0.1, 0.15) is 17.4 Å². The molecule has 0 spiro atoms. The quantitative estimate of drug-likeness (QED) is 0.334. The SMILES string of the molecule is C#Cc1cn([C@@H]2O[C@](F)(COP3(=O)OCc4cc(F)ccc4O3)[C@@H](O)[C@H]2O)c(=S)[nH]c1=O. The van der Waals surface area contributed by atoms with Crippen molar-refractivity contribution in [1.29, 1.82) is 0 Å². The van der Waals surface area contributed by atoms with Gasteiger partial charge in [0.05, 0.1) is 6.61 Å². The number of fused-ring (bicyclic) bond motifs is 1. The van der Waals surface area contributed by atoms with Gasteiger partial charge < -0.3 is 19.5 Å². The minimum Gasteiger partial charge on any atom is -0.404 e. The van der Waals surface area contributed by atoms with E-state index in [2.05, 4.69) is 10.9 Å². The lowest BCUT2D eigenvalue weighted by Gasteiger charge is -2.28. The molecule has 3 heterocycles. The van der Waals surface area contributed by atoms with Crippen LogP contribution < -0.4 is 10.1 Å². The molecule has 1 fully saturated rings. The van der Waals surface area contributed by atoms with E-state index < -0.39 is 50.1 Å². The van der Waals surface area contributed by atoms with Gasteiger partial charge in [0.25, 0.3) is 11.4 Å². The smallest absolute Gasteiger partial charge is 0.404 e. The lowest BCUT2D eigenvalue weighted by Crippen LogP contribution is -2.43. The third kappa shape index (κ3) is 4.02. The molecular formula is C18H15F2N2O8PS. The van der Waals surface area contributed by atoms with Gasteiger partial charge in [-0.05, 0) is 30.4 Å². The number of benzene rings is 1. The molecule has 0 saturated carbocycles. The third-order valence-electron chi connectivity index (χ3n) is 4.80. The first-order valence-corrected chi connectivity index (χ1v) is 10.8. The number of phosphoric ester groups is 1. The van der Waals surface area contributed by atoms with Crippen LogP contribution in [0.5, 0.6) is 5.75 Å². The van der Waals surface area contributed by atoms with Gasteiger partial charge in [-0.15, -0.1) is 6.42 Å². The fourth-order valence-electron chi connectivity index (χ4n) is 3.14. The first kappa shape index (κ1) is 22.8. The molecule has 2 aromatic rings. The molecule has 3 N–H and O–H groups in total. The highest BCUT2D eigenvalue weighted by Crippen LogP contribution is 2.55. The highest BCUT2D eigenvalue weighted by Gasteiger charge is 2.57. The largest absolute Gasteiger partial charge is 0.530 e. The van der Waals surface area contributed by atoms with Gasteiger partial charge in [-0.2, -0.15) is 0 Å². The summed E-state index contributed by atoms with van der Waals surface area (Å²) < 4.78 is 62.2. The Bertz CT molecular complexity index is 1280. The second kappa shape index (κ2) is 8.17. The highest BCUT2D eigenvalue weighted by molar-refractivity contribution is 7.71. The van der Waals surface area contributed by atoms with E-state index in [1.54, 1.807) is 0 Å². The fraction of sp³-hybridized carbons (Fsp3) is 0.333. The van der Waals surface area contributed by atoms with Crippen LogP contribution in [0.4, 0.5) is 8.78 Å². The Hall–Kier alpha value is -2.43. The van der Waals surface area contributed by atoms with Crippen LogP contribution in [0.15, 0.2) is 29.2 Å². The third-order valence-corrected chi connectivity index (χ3v) is 6.43. The molecule has 170 valence electrons. The summed E-state index contributed by atoms with van der Waals surface area (Å²) in [5.74, 6) is -1.52. The summed E-state index contributed by atoms with van der Waals surface area (Å²) in [7, 11) is -4.36. The molecule has 0 radical (unpaired) electrons. The number of rotatable bonds is 4. The predicted octanol–water partition coefficient (Wildman–Crippen LogP) is 1.68. The van der Waals surface area contributed by atoms with Crippen LogP contribution in [0.2, 0.25) is 0 Å². The van der Waals surface area contributed by atoms with Gasteiger partial charge in [0.2, 0.25) is 0 Å². The minimum absolute atomic E-state index is 0.0149. The molecular weight excluding hydrogens is 473 g/mol. The Labute approximate surface area is 183 Å². The van der Waals surface area contributed by atoms with Crippen LogP contribution in [-0.4, -0.2) is 44.4 Å². The van der Waals surface area contributed by atoms with Gasteiger partial charge in [-0.3, -0.25) is 23.4 Å². The molecule has 14 heteroatoms. The molecule has 2 aliphatic heterocycles. The second-order valence-corrected chi connectivity index (χ2v) is 8.90. The van der Waals surface area contributed by atoms with Gasteiger partial charge >= 0.3 is 7.82 Å². The van der Waals surface area contributed by atoms with Crippen molar-refractivity contribution in [3.05, 3.63) is 56.5 Å². The summed E-state index contributed by atoms with van der Waals surface area (Å²) >= 11 is 4.98. The highest BCUT2D eigenvalue weighted by atomic mass is 32.1. The van der Waals surface area contributed by atoms with Gasteiger partial charge in [-0.25, -0.2) is 13.3 Å². The Morgan fingerprint density at radius 1 is 1.47 bits per heavy atom. The predicted molar refractivity (Wildman–Crippen MR) is 105 cm³/mol. The van der Waals surface area contributed by atoms with Gasteiger partial charge in [-0.1, -0.05) is 5.92 Å². The molecule has 1 aromatic heterocycles. The lowest BCUT2D eigenvalue weighted by molar-refractivity contribution is -0.205. The van der Waals surface area contributed by atoms with Crippen LogP contribution in [0, 0.1) is 22.9 Å². The zero-order chi connectivity index (χ0) is 23.3. The molecule has 1 unspecified atom stereocenters. The van der Waals surface area contributed by atoms with Crippen molar-refractivity contribution in [3.63, 3.8) is 0 Å². The van der Waals surface area contributed by atoms with Gasteiger partial charge in [0, 0.05) is 11.8 Å². The van der Waals surface area contributed by atoms with Crippen molar-refractivity contribution < 1.29 is 41.9 Å². The van der Waals surface area contributed by atoms with E-state index in [4.69, 9.17) is 36.9 Å². The number of terminal acetylenes is 1. The fourth-order valence-corrected chi connectivity index (χ4v) is 4.62. The summed E-state index contributed by atoms with van der Waals surface area (Å²) in [6, 6.07) is 3.38. The molecule has 0 amide bonds. The van der Waals surface area contributed by atoms with Crippen molar-refractivity contribution >= 4 is 20.0 Å². The van der Waals surface area contributed by atoms with E-state index >= 15 is 4.39 Å². The maximum atomic E-state index is 15.4. The zero-order valence-electron chi connectivity index (χ0n) is 15.9. The monoisotopic (exact) mass is 488 g/mol. The second-order valence-electron chi connectivity index (χ2n) is 6.92. The van der Waals surface area contributed by atoms with Crippen molar-refractivity contribution in [2.75, 3.05) is 6.61 Å². The Kier molecular flexibility index (Phi) is 5.81. The Balaban J connectivity index is 1.53. The average Bonchev–Trinajstić information content (AvgIpc) is 2.97. The van der Waals surface area contributed by atoms with Gasteiger partial charge in [0.1, 0.15) is 35.9 Å². The minimum atomic E-state index is -4.36. The number of phosphoric acid groups is 1. The first-order chi connectivity index (χ1) is 15.0. The van der Waals surface area contributed by atoms with Crippen molar-refractivity contribution in [2.24, 2.45) is 0 Å². The number of halogens is 2. The maximum Gasteiger partial charge on any atom is 0.530 e. The Morgan fingerprint density at radius 2 is 2.22 bits per heavy atom. The molecule has 10 nitrogen and oxygen atoms in total. The van der Waals surface area contributed by atoms with Crippen molar-refractivity contribution in [3.8, 4) is 18.1 Å². The van der Waals surface area contributed by atoms with Crippen molar-refractivity contribution in [1.82, 2.24) is 9.55 Å².